The van der Waals surface area contributed by atoms with Crippen LogP contribution < -0.4 is 11.1 Å². The lowest BCUT2D eigenvalue weighted by Gasteiger charge is -2.43. The van der Waals surface area contributed by atoms with E-state index in [9.17, 15) is 4.79 Å². The van der Waals surface area contributed by atoms with Gasteiger partial charge in [0.25, 0.3) is 5.91 Å². The number of hydrogen-bond donors (Lipinski definition) is 2. The van der Waals surface area contributed by atoms with Gasteiger partial charge in [-0.3, -0.25) is 4.79 Å². The highest BCUT2D eigenvalue weighted by molar-refractivity contribution is 7.09. The number of nitrogens with one attached hydrogen (secondary N) is 1. The average Bonchev–Trinajstić information content (AvgIpc) is 3.05. The SMILES string of the molecule is CC12CCC(C1)C(C)(C)C2NC(=O)c1csc(CN)n1. The molecule has 0 radical (unpaired) electrons. The molecule has 0 aliphatic heterocycles. The highest BCUT2D eigenvalue weighted by atomic mass is 32.1. The average molecular weight is 293 g/mol. The largest absolute Gasteiger partial charge is 0.347 e. The Morgan fingerprint density at radius 1 is 1.55 bits per heavy atom. The smallest absolute Gasteiger partial charge is 0.271 e. The zero-order valence-corrected chi connectivity index (χ0v) is 13.2. The number of thiazole rings is 1. The molecule has 2 saturated carbocycles. The van der Waals surface area contributed by atoms with Crippen LogP contribution in [0.25, 0.3) is 0 Å². The molecule has 2 fully saturated rings. The molecule has 4 nitrogen and oxygen atoms in total. The Hall–Kier alpha value is -0.940. The molecule has 3 unspecified atom stereocenters. The summed E-state index contributed by atoms with van der Waals surface area (Å²) in [7, 11) is 0. The lowest BCUT2D eigenvalue weighted by Crippen LogP contribution is -2.52. The molecular formula is C15H23N3OS. The number of carbonyl (C=O) groups is 1. The van der Waals surface area contributed by atoms with E-state index in [4.69, 9.17) is 5.73 Å². The van der Waals surface area contributed by atoms with Gasteiger partial charge in [-0.1, -0.05) is 20.8 Å². The van der Waals surface area contributed by atoms with E-state index in [1.54, 1.807) is 5.38 Å². The van der Waals surface area contributed by atoms with Crippen molar-refractivity contribution < 1.29 is 4.79 Å². The summed E-state index contributed by atoms with van der Waals surface area (Å²) in [5.41, 5.74) is 6.49. The first-order valence-corrected chi connectivity index (χ1v) is 8.20. The molecule has 20 heavy (non-hydrogen) atoms. The molecule has 0 aromatic carbocycles. The predicted octanol–water partition coefficient (Wildman–Crippen LogP) is 2.55. The molecule has 110 valence electrons. The van der Waals surface area contributed by atoms with Crippen LogP contribution in [-0.2, 0) is 6.54 Å². The number of hydrogen-bond acceptors (Lipinski definition) is 4. The molecule has 2 aliphatic carbocycles. The highest BCUT2D eigenvalue weighted by Crippen LogP contribution is 2.62. The molecule has 1 heterocycles. The molecule has 1 aromatic heterocycles. The number of aromatic nitrogens is 1. The second-order valence-electron chi connectivity index (χ2n) is 7.15. The van der Waals surface area contributed by atoms with Crippen molar-refractivity contribution >= 4 is 17.2 Å². The van der Waals surface area contributed by atoms with Crippen molar-refractivity contribution in [2.75, 3.05) is 0 Å². The fraction of sp³-hybridized carbons (Fsp3) is 0.733. The Morgan fingerprint density at radius 2 is 2.30 bits per heavy atom. The van der Waals surface area contributed by atoms with E-state index < -0.39 is 0 Å². The van der Waals surface area contributed by atoms with Gasteiger partial charge in [0.1, 0.15) is 10.7 Å². The summed E-state index contributed by atoms with van der Waals surface area (Å²) in [6.07, 6.45) is 3.75. The van der Waals surface area contributed by atoms with E-state index in [-0.39, 0.29) is 22.8 Å². The third-order valence-electron chi connectivity index (χ3n) is 5.50. The number of fused-ring (bicyclic) bond motifs is 2. The predicted molar refractivity (Wildman–Crippen MR) is 80.5 cm³/mol. The second-order valence-corrected chi connectivity index (χ2v) is 8.09. The number of rotatable bonds is 3. The molecule has 5 heteroatoms. The quantitative estimate of drug-likeness (QED) is 0.900. The first kappa shape index (κ1) is 14.0. The van der Waals surface area contributed by atoms with E-state index in [1.807, 2.05) is 0 Å². The van der Waals surface area contributed by atoms with E-state index in [0.717, 1.165) is 10.9 Å². The number of nitrogens with two attached hydrogens (primary N) is 1. The first-order valence-electron chi connectivity index (χ1n) is 7.32. The van der Waals surface area contributed by atoms with E-state index in [1.165, 1.54) is 30.6 Å². The van der Waals surface area contributed by atoms with Gasteiger partial charge in [-0.15, -0.1) is 11.3 Å². The number of carbonyl (C=O) groups excluding carboxylic acids is 1. The molecule has 1 amide bonds. The molecular weight excluding hydrogens is 270 g/mol. The summed E-state index contributed by atoms with van der Waals surface area (Å²) < 4.78 is 0. The third-order valence-corrected chi connectivity index (χ3v) is 6.38. The summed E-state index contributed by atoms with van der Waals surface area (Å²) in [4.78, 5) is 16.7. The minimum atomic E-state index is -0.0483. The van der Waals surface area contributed by atoms with Crippen LogP contribution in [0.3, 0.4) is 0 Å². The van der Waals surface area contributed by atoms with Crippen molar-refractivity contribution in [3.63, 3.8) is 0 Å². The van der Waals surface area contributed by atoms with Crippen LogP contribution >= 0.6 is 11.3 Å². The molecule has 0 spiro atoms. The summed E-state index contributed by atoms with van der Waals surface area (Å²) in [5, 5.41) is 5.88. The minimum Gasteiger partial charge on any atom is -0.347 e. The molecule has 0 saturated heterocycles. The summed E-state index contributed by atoms with van der Waals surface area (Å²) in [6.45, 7) is 7.30. The highest BCUT2D eigenvalue weighted by Gasteiger charge is 2.59. The standard InChI is InChI=1S/C15H23N3OS/c1-14(2)9-4-5-15(3,6-9)13(14)18-12(19)10-8-20-11(7-16)17-10/h8-9,13H,4-7,16H2,1-3H3,(H,18,19). The molecule has 2 bridgehead atoms. The second kappa shape index (κ2) is 4.53. The monoisotopic (exact) mass is 293 g/mol. The third kappa shape index (κ3) is 1.99. The maximum Gasteiger partial charge on any atom is 0.271 e. The Balaban J connectivity index is 1.79. The Morgan fingerprint density at radius 3 is 2.85 bits per heavy atom. The molecule has 3 atom stereocenters. The van der Waals surface area contributed by atoms with Crippen LogP contribution in [0.15, 0.2) is 5.38 Å². The van der Waals surface area contributed by atoms with Crippen LogP contribution in [0.2, 0.25) is 0 Å². The van der Waals surface area contributed by atoms with Crippen LogP contribution in [0, 0.1) is 16.7 Å². The van der Waals surface area contributed by atoms with Gasteiger partial charge < -0.3 is 11.1 Å². The zero-order valence-electron chi connectivity index (χ0n) is 12.4. The fourth-order valence-electron chi connectivity index (χ4n) is 4.38. The van der Waals surface area contributed by atoms with E-state index in [0.29, 0.717) is 12.2 Å². The van der Waals surface area contributed by atoms with Gasteiger partial charge >= 0.3 is 0 Å². The molecule has 3 rings (SSSR count). The van der Waals surface area contributed by atoms with Gasteiger partial charge in [-0.2, -0.15) is 0 Å². The lowest BCUT2D eigenvalue weighted by molar-refractivity contribution is 0.0733. The van der Waals surface area contributed by atoms with Gasteiger partial charge in [-0.05, 0) is 36.0 Å². The van der Waals surface area contributed by atoms with Crippen LogP contribution in [0.4, 0.5) is 0 Å². The lowest BCUT2D eigenvalue weighted by atomic mass is 9.68. The fourth-order valence-corrected chi connectivity index (χ4v) is 5.03. The van der Waals surface area contributed by atoms with Crippen molar-refractivity contribution in [2.24, 2.45) is 22.5 Å². The number of nitrogens with zero attached hydrogens (tertiary/aromatic N) is 1. The van der Waals surface area contributed by atoms with Gasteiger partial charge in [-0.25, -0.2) is 4.98 Å². The molecule has 1 aromatic rings. The van der Waals surface area contributed by atoms with Crippen LogP contribution in [0.1, 0.15) is 55.5 Å². The Kier molecular flexibility index (Phi) is 3.18. The number of amides is 1. The zero-order chi connectivity index (χ0) is 14.5. The van der Waals surface area contributed by atoms with E-state index in [2.05, 4.69) is 31.1 Å². The minimum absolute atomic E-state index is 0.0483. The van der Waals surface area contributed by atoms with Gasteiger partial charge in [0.15, 0.2) is 0 Å². The first-order chi connectivity index (χ1) is 9.37. The van der Waals surface area contributed by atoms with Crippen molar-refractivity contribution in [2.45, 2.75) is 52.6 Å². The van der Waals surface area contributed by atoms with Crippen LogP contribution in [-0.4, -0.2) is 16.9 Å². The van der Waals surface area contributed by atoms with Gasteiger partial charge in [0.05, 0.1) is 0 Å². The van der Waals surface area contributed by atoms with Crippen molar-refractivity contribution in [3.8, 4) is 0 Å². The maximum atomic E-state index is 12.4. The summed E-state index contributed by atoms with van der Waals surface area (Å²) in [5.74, 6) is 0.681. The maximum absolute atomic E-state index is 12.4. The van der Waals surface area contributed by atoms with Gasteiger partial charge in [0.2, 0.25) is 0 Å². The van der Waals surface area contributed by atoms with E-state index >= 15 is 0 Å². The topological polar surface area (TPSA) is 68.0 Å². The Labute approximate surface area is 124 Å². The summed E-state index contributed by atoms with van der Waals surface area (Å²) >= 11 is 1.45. The van der Waals surface area contributed by atoms with Gasteiger partial charge in [0, 0.05) is 18.0 Å². The van der Waals surface area contributed by atoms with Crippen molar-refractivity contribution in [1.82, 2.24) is 10.3 Å². The van der Waals surface area contributed by atoms with Crippen molar-refractivity contribution in [1.29, 1.82) is 0 Å². The normalized spacial score (nSPS) is 34.4. The Bertz CT molecular complexity index is 534. The molecule has 3 N–H and O–H groups in total. The molecule has 2 aliphatic rings. The summed E-state index contributed by atoms with van der Waals surface area (Å²) in [6, 6.07) is 0.240. The van der Waals surface area contributed by atoms with Crippen molar-refractivity contribution in [3.05, 3.63) is 16.1 Å². The van der Waals surface area contributed by atoms with Crippen LogP contribution in [0.5, 0.6) is 0 Å².